The lowest BCUT2D eigenvalue weighted by Crippen LogP contribution is -2.51. The Balaban J connectivity index is 1.74. The molecule has 4 rings (SSSR count). The summed E-state index contributed by atoms with van der Waals surface area (Å²) >= 11 is 0. The van der Waals surface area contributed by atoms with Gasteiger partial charge in [0, 0.05) is 22.8 Å². The molecule has 2 aromatic carbocycles. The van der Waals surface area contributed by atoms with E-state index in [0.717, 1.165) is 18.2 Å². The van der Waals surface area contributed by atoms with Gasteiger partial charge in [0.25, 0.3) is 5.91 Å². The van der Waals surface area contributed by atoms with Gasteiger partial charge in [-0.15, -0.1) is 0 Å². The van der Waals surface area contributed by atoms with Gasteiger partial charge in [-0.05, 0) is 49.4 Å². The molecular formula is C27H27F4N3O6. The first kappa shape index (κ1) is 29.1. The molecule has 1 unspecified atom stereocenters. The van der Waals surface area contributed by atoms with Crippen LogP contribution < -0.4 is 25.3 Å². The van der Waals surface area contributed by atoms with Crippen LogP contribution in [0.2, 0.25) is 0 Å². The summed E-state index contributed by atoms with van der Waals surface area (Å²) in [7, 11) is 1.32. The van der Waals surface area contributed by atoms with Gasteiger partial charge in [-0.1, -0.05) is 0 Å². The molecule has 1 amide bonds. The topological polar surface area (TPSA) is 136 Å². The number of halogens is 4. The number of pyridine rings is 1. The summed E-state index contributed by atoms with van der Waals surface area (Å²) in [4.78, 5) is 17.0. The quantitative estimate of drug-likeness (QED) is 0.291. The summed E-state index contributed by atoms with van der Waals surface area (Å²) in [5.41, 5.74) is 0.763. The van der Waals surface area contributed by atoms with Crippen LogP contribution in [0.3, 0.4) is 0 Å². The molecule has 0 aliphatic carbocycles. The van der Waals surface area contributed by atoms with Gasteiger partial charge in [0.2, 0.25) is 5.60 Å². The Labute approximate surface area is 226 Å². The fourth-order valence-corrected chi connectivity index (χ4v) is 4.13. The Morgan fingerprint density at radius 1 is 1.18 bits per heavy atom. The minimum Gasteiger partial charge on any atom is -0.497 e. The maximum absolute atomic E-state index is 14.5. The monoisotopic (exact) mass is 565 g/mol. The van der Waals surface area contributed by atoms with E-state index in [9.17, 15) is 27.5 Å². The zero-order valence-electron chi connectivity index (χ0n) is 21.5. The maximum atomic E-state index is 14.5. The molecule has 1 aliphatic rings. The van der Waals surface area contributed by atoms with Crippen molar-refractivity contribution in [2.45, 2.75) is 24.2 Å². The largest absolute Gasteiger partial charge is 0.497 e. The lowest BCUT2D eigenvalue weighted by Gasteiger charge is -2.31. The fourth-order valence-electron chi connectivity index (χ4n) is 4.13. The van der Waals surface area contributed by atoms with E-state index >= 15 is 0 Å². The number of hydrogen-bond donors (Lipinski definition) is 4. The lowest BCUT2D eigenvalue weighted by atomic mass is 9.89. The van der Waals surface area contributed by atoms with E-state index in [-0.39, 0.29) is 59.5 Å². The number of aliphatic hydroxyl groups excluding tert-OH is 1. The fraction of sp³-hybridized carbons (Fsp3) is 0.333. The first-order chi connectivity index (χ1) is 18.8. The first-order valence-electron chi connectivity index (χ1n) is 12.0. The molecule has 5 N–H and O–H groups in total. The molecule has 2 heterocycles. The Hall–Kier alpha value is -3.94. The van der Waals surface area contributed by atoms with E-state index in [1.165, 1.54) is 37.4 Å². The maximum Gasteiger partial charge on any atom is 0.424 e. The van der Waals surface area contributed by atoms with Gasteiger partial charge in [0.15, 0.2) is 5.75 Å². The van der Waals surface area contributed by atoms with Crippen molar-refractivity contribution in [1.82, 2.24) is 10.3 Å². The van der Waals surface area contributed by atoms with Crippen LogP contribution in [-0.2, 0) is 11.1 Å². The second-order valence-corrected chi connectivity index (χ2v) is 9.46. The molecule has 1 aliphatic heterocycles. The average molecular weight is 566 g/mol. The highest BCUT2D eigenvalue weighted by molar-refractivity contribution is 5.95. The second-order valence-electron chi connectivity index (χ2n) is 9.46. The minimum atomic E-state index is -5.30. The zero-order valence-corrected chi connectivity index (χ0v) is 21.5. The van der Waals surface area contributed by atoms with Gasteiger partial charge in [-0.2, -0.15) is 13.2 Å². The van der Waals surface area contributed by atoms with Crippen LogP contribution in [0.5, 0.6) is 17.2 Å². The standard InChI is InChI=1S/C27H27F4N3O6/c1-25(32)14-40-23-20(25)12-21(34-22(23)15-3-5-17(28)6-4-15)26(37,27(29,30)31)13-33-24(36)16-9-18(38-2)11-19(10-16)39-8-7-35/h3-6,9-12,35,37H,7-8,13-14,32H2,1-2H3,(H,33,36)/t25-,26?/m1/s1. The van der Waals surface area contributed by atoms with Crippen LogP contribution in [0.4, 0.5) is 17.6 Å². The number of nitrogens with two attached hydrogens (primary N) is 1. The molecule has 0 spiro atoms. The van der Waals surface area contributed by atoms with Gasteiger partial charge in [0.1, 0.15) is 36.2 Å². The van der Waals surface area contributed by atoms with Crippen molar-refractivity contribution in [1.29, 1.82) is 0 Å². The summed E-state index contributed by atoms with van der Waals surface area (Å²) in [5, 5.41) is 22.2. The summed E-state index contributed by atoms with van der Waals surface area (Å²) in [6.07, 6.45) is -5.30. The van der Waals surface area contributed by atoms with Gasteiger partial charge in [0.05, 0.1) is 31.5 Å². The van der Waals surface area contributed by atoms with Crippen molar-refractivity contribution in [3.63, 3.8) is 0 Å². The number of amides is 1. The highest BCUT2D eigenvalue weighted by atomic mass is 19.4. The summed E-state index contributed by atoms with van der Waals surface area (Å²) in [5.74, 6) is -1.12. The number of fused-ring (bicyclic) bond motifs is 1. The van der Waals surface area contributed by atoms with Crippen LogP contribution >= 0.6 is 0 Å². The van der Waals surface area contributed by atoms with Crippen molar-refractivity contribution >= 4 is 5.91 Å². The number of carbonyl (C=O) groups is 1. The molecule has 3 aromatic rings. The predicted molar refractivity (Wildman–Crippen MR) is 135 cm³/mol. The SMILES string of the molecule is COc1cc(OCCO)cc(C(=O)NCC(O)(c2cc3c(c(-c4ccc(F)cc4)n2)OC[C@@]3(C)N)C(F)(F)F)c1. The Morgan fingerprint density at radius 3 is 2.48 bits per heavy atom. The van der Waals surface area contributed by atoms with Crippen molar-refractivity contribution in [2.75, 3.05) is 33.5 Å². The summed E-state index contributed by atoms with van der Waals surface area (Å²) in [6, 6.07) is 9.78. The van der Waals surface area contributed by atoms with E-state index in [1.54, 1.807) is 6.92 Å². The number of methoxy groups -OCH3 is 1. The number of benzene rings is 2. The molecule has 0 saturated heterocycles. The number of alkyl halides is 3. The average Bonchev–Trinajstić information content (AvgIpc) is 3.23. The molecule has 0 fully saturated rings. The summed E-state index contributed by atoms with van der Waals surface area (Å²) < 4.78 is 73.0. The number of rotatable bonds is 9. The number of aliphatic hydroxyl groups is 2. The van der Waals surface area contributed by atoms with E-state index in [2.05, 4.69) is 10.3 Å². The van der Waals surface area contributed by atoms with Crippen LogP contribution in [0, 0.1) is 5.82 Å². The van der Waals surface area contributed by atoms with Crippen LogP contribution in [0.25, 0.3) is 11.3 Å². The lowest BCUT2D eigenvalue weighted by molar-refractivity contribution is -0.265. The molecule has 0 bridgehead atoms. The normalized spacial score (nSPS) is 17.9. The van der Waals surface area contributed by atoms with Crippen molar-refractivity contribution in [2.24, 2.45) is 5.73 Å². The molecule has 214 valence electrons. The van der Waals surface area contributed by atoms with E-state index in [4.69, 9.17) is 25.1 Å². The number of nitrogens with zero attached hydrogens (tertiary/aromatic N) is 1. The molecule has 40 heavy (non-hydrogen) atoms. The highest BCUT2D eigenvalue weighted by Gasteiger charge is 2.57. The molecule has 9 nitrogen and oxygen atoms in total. The van der Waals surface area contributed by atoms with Crippen molar-refractivity contribution in [3.05, 3.63) is 71.2 Å². The Bertz CT molecular complexity index is 1400. The highest BCUT2D eigenvalue weighted by Crippen LogP contribution is 2.46. The third kappa shape index (κ3) is 5.67. The van der Waals surface area contributed by atoms with Crippen molar-refractivity contribution in [3.8, 4) is 28.5 Å². The number of ether oxygens (including phenoxy) is 3. The molecule has 13 heteroatoms. The van der Waals surface area contributed by atoms with Crippen LogP contribution in [0.15, 0.2) is 48.5 Å². The smallest absolute Gasteiger partial charge is 0.424 e. The van der Waals surface area contributed by atoms with Crippen LogP contribution in [-0.4, -0.2) is 60.8 Å². The van der Waals surface area contributed by atoms with E-state index < -0.39 is 41.3 Å². The Kier molecular flexibility index (Phi) is 7.92. The second kappa shape index (κ2) is 10.9. The molecule has 1 aromatic heterocycles. The van der Waals surface area contributed by atoms with E-state index in [0.29, 0.717) is 0 Å². The van der Waals surface area contributed by atoms with E-state index in [1.807, 2.05) is 0 Å². The van der Waals surface area contributed by atoms with Crippen LogP contribution in [0.1, 0.15) is 28.5 Å². The third-order valence-electron chi connectivity index (χ3n) is 6.36. The minimum absolute atomic E-state index is 0.0701. The van der Waals surface area contributed by atoms with Gasteiger partial charge in [-0.3, -0.25) is 4.79 Å². The number of hydrogen-bond acceptors (Lipinski definition) is 8. The molecule has 0 radical (unpaired) electrons. The molecule has 2 atom stereocenters. The van der Waals surface area contributed by atoms with Gasteiger partial charge < -0.3 is 35.5 Å². The number of carbonyl (C=O) groups excluding carboxylic acids is 1. The van der Waals surface area contributed by atoms with Crippen molar-refractivity contribution < 1.29 is 46.8 Å². The van der Waals surface area contributed by atoms with Gasteiger partial charge >= 0.3 is 6.18 Å². The number of aromatic nitrogens is 1. The first-order valence-corrected chi connectivity index (χ1v) is 12.0. The van der Waals surface area contributed by atoms with Gasteiger partial charge in [-0.25, -0.2) is 9.37 Å². The Morgan fingerprint density at radius 2 is 1.85 bits per heavy atom. The number of nitrogens with one attached hydrogen (secondary N) is 1. The molecular weight excluding hydrogens is 538 g/mol. The molecule has 0 saturated carbocycles. The third-order valence-corrected chi connectivity index (χ3v) is 6.36. The summed E-state index contributed by atoms with van der Waals surface area (Å²) in [6.45, 7) is -0.232. The predicted octanol–water partition coefficient (Wildman–Crippen LogP) is 3.01. The zero-order chi connectivity index (χ0) is 29.3.